The second-order valence-electron chi connectivity index (χ2n) is 6.90. The number of carbonyl (C=O) groups excluding carboxylic acids is 4. The summed E-state index contributed by atoms with van der Waals surface area (Å²) in [7, 11) is 1.21. The zero-order valence-electron chi connectivity index (χ0n) is 14.3. The molecule has 0 aromatic rings. The second-order valence-corrected chi connectivity index (χ2v) is 6.90. The van der Waals surface area contributed by atoms with Crippen molar-refractivity contribution in [2.75, 3.05) is 7.11 Å². The number of hydrogen-bond donors (Lipinski definition) is 0. The van der Waals surface area contributed by atoms with Crippen LogP contribution in [0.3, 0.4) is 0 Å². The molecule has 2 aliphatic rings. The summed E-state index contributed by atoms with van der Waals surface area (Å²) in [5.74, 6) is -2.76. The maximum atomic E-state index is 12.7. The topological polar surface area (TPSA) is 84.0 Å². The molecule has 0 aromatic heterocycles. The molecule has 3 amide bonds. The summed E-state index contributed by atoms with van der Waals surface area (Å²) >= 11 is 0. The Morgan fingerprint density at radius 3 is 2.09 bits per heavy atom. The molecule has 1 saturated heterocycles. The first kappa shape index (κ1) is 17.4. The van der Waals surface area contributed by atoms with Crippen LogP contribution in [0.25, 0.3) is 0 Å². The molecule has 7 nitrogen and oxygen atoms in total. The minimum atomic E-state index is -0.993. The van der Waals surface area contributed by atoms with E-state index in [9.17, 15) is 19.2 Å². The number of nitrogens with zero attached hydrogens (tertiary/aromatic N) is 2. The van der Waals surface area contributed by atoms with Crippen molar-refractivity contribution in [1.29, 1.82) is 0 Å². The van der Waals surface area contributed by atoms with Crippen LogP contribution in [-0.2, 0) is 23.9 Å². The maximum Gasteiger partial charge on any atom is 0.329 e. The Hall–Kier alpha value is -1.92. The fourth-order valence-corrected chi connectivity index (χ4v) is 3.35. The zero-order chi connectivity index (χ0) is 17.5. The van der Waals surface area contributed by atoms with Crippen LogP contribution in [0.5, 0.6) is 0 Å². The first-order valence-corrected chi connectivity index (χ1v) is 7.94. The SMILES string of the molecule is COC(=O)C1CC2(CC2)C(=O)N1C(=O)C(=O)N(C(C)C)C(C)C. The molecule has 1 aliphatic carbocycles. The van der Waals surface area contributed by atoms with E-state index in [4.69, 9.17) is 4.74 Å². The Morgan fingerprint density at radius 1 is 1.17 bits per heavy atom. The molecule has 0 aromatic carbocycles. The average Bonchev–Trinajstić information content (AvgIpc) is 3.19. The van der Waals surface area contributed by atoms with Crippen molar-refractivity contribution in [3.8, 4) is 0 Å². The summed E-state index contributed by atoms with van der Waals surface area (Å²) in [5.41, 5.74) is -0.644. The normalized spacial score (nSPS) is 22.0. The summed E-state index contributed by atoms with van der Waals surface area (Å²) in [5, 5.41) is 0. The smallest absolute Gasteiger partial charge is 0.329 e. The highest BCUT2D eigenvalue weighted by molar-refractivity contribution is 6.38. The van der Waals surface area contributed by atoms with Crippen LogP contribution in [0, 0.1) is 5.41 Å². The van der Waals surface area contributed by atoms with E-state index in [0.29, 0.717) is 12.8 Å². The maximum absolute atomic E-state index is 12.7. The molecule has 23 heavy (non-hydrogen) atoms. The largest absolute Gasteiger partial charge is 0.467 e. The molecule has 2 rings (SSSR count). The third kappa shape index (κ3) is 2.84. The fourth-order valence-electron chi connectivity index (χ4n) is 3.35. The second kappa shape index (κ2) is 5.94. The van der Waals surface area contributed by atoms with Gasteiger partial charge in [0.2, 0.25) is 5.91 Å². The van der Waals surface area contributed by atoms with Crippen LogP contribution in [0.15, 0.2) is 0 Å². The Bertz CT molecular complexity index is 543. The molecule has 0 bridgehead atoms. The highest BCUT2D eigenvalue weighted by Gasteiger charge is 2.63. The first-order valence-electron chi connectivity index (χ1n) is 7.94. The Kier molecular flexibility index (Phi) is 4.50. The lowest BCUT2D eigenvalue weighted by atomic mass is 10.0. The molecule has 0 radical (unpaired) electrons. The third-order valence-electron chi connectivity index (χ3n) is 4.64. The van der Waals surface area contributed by atoms with Gasteiger partial charge >= 0.3 is 17.8 Å². The van der Waals surface area contributed by atoms with Gasteiger partial charge in [-0.2, -0.15) is 0 Å². The van der Waals surface area contributed by atoms with E-state index in [1.54, 1.807) is 27.7 Å². The fraction of sp³-hybridized carbons (Fsp3) is 0.750. The van der Waals surface area contributed by atoms with E-state index in [2.05, 4.69) is 0 Å². The van der Waals surface area contributed by atoms with Crippen molar-refractivity contribution >= 4 is 23.7 Å². The monoisotopic (exact) mass is 324 g/mol. The number of hydrogen-bond acceptors (Lipinski definition) is 5. The molecule has 1 saturated carbocycles. The van der Waals surface area contributed by atoms with E-state index in [-0.39, 0.29) is 18.5 Å². The minimum absolute atomic E-state index is 0.185. The Morgan fingerprint density at radius 2 is 1.70 bits per heavy atom. The van der Waals surface area contributed by atoms with Crippen LogP contribution >= 0.6 is 0 Å². The van der Waals surface area contributed by atoms with E-state index in [0.717, 1.165) is 4.90 Å². The summed E-state index contributed by atoms with van der Waals surface area (Å²) in [6.07, 6.45) is 1.55. The van der Waals surface area contributed by atoms with Gasteiger partial charge in [-0.3, -0.25) is 19.3 Å². The molecule has 2 fully saturated rings. The summed E-state index contributed by atoms with van der Waals surface area (Å²) in [6, 6.07) is -1.36. The molecule has 1 aliphatic heterocycles. The van der Waals surface area contributed by atoms with Crippen LogP contribution in [0.2, 0.25) is 0 Å². The number of methoxy groups -OCH3 is 1. The van der Waals surface area contributed by atoms with Crippen molar-refractivity contribution in [3.05, 3.63) is 0 Å². The number of amides is 3. The van der Waals surface area contributed by atoms with Crippen molar-refractivity contribution in [2.45, 2.75) is 65.1 Å². The number of rotatable bonds is 3. The molecular formula is C16H24N2O5. The Labute approximate surface area is 135 Å². The van der Waals surface area contributed by atoms with Gasteiger partial charge < -0.3 is 9.64 Å². The molecule has 1 heterocycles. The lowest BCUT2D eigenvalue weighted by Gasteiger charge is -2.32. The lowest BCUT2D eigenvalue weighted by Crippen LogP contribution is -2.54. The summed E-state index contributed by atoms with van der Waals surface area (Å²) in [6.45, 7) is 7.21. The van der Waals surface area contributed by atoms with Crippen LogP contribution in [-0.4, -0.2) is 58.7 Å². The van der Waals surface area contributed by atoms with Crippen LogP contribution in [0.4, 0.5) is 0 Å². The van der Waals surface area contributed by atoms with Gasteiger partial charge in [-0.25, -0.2) is 4.79 Å². The van der Waals surface area contributed by atoms with Gasteiger partial charge in [-0.1, -0.05) is 0 Å². The van der Waals surface area contributed by atoms with Gasteiger partial charge in [0.1, 0.15) is 6.04 Å². The van der Waals surface area contributed by atoms with Gasteiger partial charge in [-0.15, -0.1) is 0 Å². The molecule has 7 heteroatoms. The van der Waals surface area contributed by atoms with Gasteiger partial charge in [0, 0.05) is 12.1 Å². The predicted molar refractivity (Wildman–Crippen MR) is 81.1 cm³/mol. The molecule has 1 spiro atoms. The van der Waals surface area contributed by atoms with E-state index in [1.165, 1.54) is 12.0 Å². The number of carbonyl (C=O) groups is 4. The molecule has 1 unspecified atom stereocenters. The standard InChI is InChI=1S/C16H24N2O5/c1-9(2)17(10(3)4)12(19)13(20)18-11(14(21)23-5)8-16(6-7-16)15(18)22/h9-11H,6-8H2,1-5H3. The minimum Gasteiger partial charge on any atom is -0.467 e. The van der Waals surface area contributed by atoms with Gasteiger partial charge in [0.25, 0.3) is 0 Å². The zero-order valence-corrected chi connectivity index (χ0v) is 14.3. The average molecular weight is 324 g/mol. The summed E-state index contributed by atoms with van der Waals surface area (Å²) in [4.78, 5) is 52.0. The van der Waals surface area contributed by atoms with Gasteiger partial charge in [0.15, 0.2) is 0 Å². The van der Waals surface area contributed by atoms with Gasteiger partial charge in [0.05, 0.1) is 12.5 Å². The quantitative estimate of drug-likeness (QED) is 0.564. The molecule has 128 valence electrons. The van der Waals surface area contributed by atoms with Crippen LogP contribution in [0.1, 0.15) is 47.0 Å². The van der Waals surface area contributed by atoms with Crippen molar-refractivity contribution in [1.82, 2.24) is 9.80 Å². The van der Waals surface area contributed by atoms with Crippen LogP contribution < -0.4 is 0 Å². The van der Waals surface area contributed by atoms with E-state index in [1.807, 2.05) is 0 Å². The first-order chi connectivity index (χ1) is 10.7. The number of ether oxygens (including phenoxy) is 1. The highest BCUT2D eigenvalue weighted by Crippen LogP contribution is 2.56. The van der Waals surface area contributed by atoms with E-state index >= 15 is 0 Å². The molecule has 1 atom stereocenters. The number of esters is 1. The predicted octanol–water partition coefficient (Wildman–Crippen LogP) is 0.712. The van der Waals surface area contributed by atoms with Crippen molar-refractivity contribution < 1.29 is 23.9 Å². The van der Waals surface area contributed by atoms with E-state index < -0.39 is 35.1 Å². The molecule has 0 N–H and O–H groups in total. The lowest BCUT2D eigenvalue weighted by molar-refractivity contribution is -0.163. The number of likely N-dealkylation sites (tertiary alicyclic amines) is 1. The molecular weight excluding hydrogens is 300 g/mol. The Balaban J connectivity index is 2.29. The van der Waals surface area contributed by atoms with Crippen molar-refractivity contribution in [2.24, 2.45) is 5.41 Å². The van der Waals surface area contributed by atoms with Crippen molar-refractivity contribution in [3.63, 3.8) is 0 Å². The third-order valence-corrected chi connectivity index (χ3v) is 4.64. The number of imide groups is 1. The highest BCUT2D eigenvalue weighted by atomic mass is 16.5. The summed E-state index contributed by atoms with van der Waals surface area (Å²) < 4.78 is 4.71. The van der Waals surface area contributed by atoms with Gasteiger partial charge in [-0.05, 0) is 47.0 Å².